The number of furan rings is 1. The van der Waals surface area contributed by atoms with Crippen LogP contribution in [0.4, 0.5) is 4.39 Å². The van der Waals surface area contributed by atoms with Crippen molar-refractivity contribution < 1.29 is 26.4 Å². The second kappa shape index (κ2) is 11.4. The maximum atomic E-state index is 13.7. The number of rotatable bonds is 9. The van der Waals surface area contributed by atoms with Crippen LogP contribution in [0.3, 0.4) is 0 Å². The number of nitrogens with zero attached hydrogens (tertiary/aromatic N) is 2. The quantitative estimate of drug-likeness (QED) is 0.200. The number of oxazole rings is 1. The van der Waals surface area contributed by atoms with Crippen LogP contribution >= 0.6 is 0 Å². The molecule has 0 fully saturated rings. The zero-order valence-electron chi connectivity index (χ0n) is 23.3. The summed E-state index contributed by atoms with van der Waals surface area (Å²) in [5.74, 6) is -0.537. The Kier molecular flexibility index (Phi) is 7.51. The van der Waals surface area contributed by atoms with Crippen molar-refractivity contribution in [1.82, 2.24) is 20.0 Å². The molecular formula is C32H27FN4O5S. The molecule has 0 bridgehead atoms. The average molecular weight is 599 g/mol. The van der Waals surface area contributed by atoms with Gasteiger partial charge in [-0.15, -0.1) is 0 Å². The van der Waals surface area contributed by atoms with Gasteiger partial charge in [0.25, 0.3) is 5.91 Å². The fourth-order valence-electron chi connectivity index (χ4n) is 4.95. The number of carbonyl (C=O) groups is 1. The van der Waals surface area contributed by atoms with Crippen LogP contribution in [0.15, 0.2) is 87.8 Å². The molecule has 0 spiro atoms. The summed E-state index contributed by atoms with van der Waals surface area (Å²) in [7, 11) is -2.20. The van der Waals surface area contributed by atoms with Crippen molar-refractivity contribution in [1.29, 1.82) is 0 Å². The van der Waals surface area contributed by atoms with E-state index in [0.29, 0.717) is 68.9 Å². The summed E-state index contributed by atoms with van der Waals surface area (Å²) < 4.78 is 54.6. The molecule has 0 saturated heterocycles. The third-order valence-electron chi connectivity index (χ3n) is 6.98. The first kappa shape index (κ1) is 28.3. The van der Waals surface area contributed by atoms with Crippen LogP contribution in [0.2, 0.25) is 0 Å². The fraction of sp³-hybridized carbons (Fsp3) is 0.156. The van der Waals surface area contributed by atoms with Crippen LogP contribution in [0, 0.1) is 5.82 Å². The van der Waals surface area contributed by atoms with E-state index in [1.165, 1.54) is 31.3 Å². The maximum Gasteiger partial charge on any atom is 0.255 e. The molecule has 0 aliphatic rings. The number of halogens is 1. The Labute approximate surface area is 246 Å². The van der Waals surface area contributed by atoms with Crippen molar-refractivity contribution in [2.75, 3.05) is 13.6 Å². The number of amides is 1. The molecule has 1 amide bonds. The molecule has 11 heteroatoms. The van der Waals surface area contributed by atoms with E-state index in [1.807, 2.05) is 31.2 Å². The van der Waals surface area contributed by atoms with E-state index in [0.717, 1.165) is 0 Å². The van der Waals surface area contributed by atoms with Gasteiger partial charge >= 0.3 is 0 Å². The summed E-state index contributed by atoms with van der Waals surface area (Å²) >= 11 is 0. The number of fused-ring (bicyclic) bond motifs is 2. The number of aromatic nitrogens is 2. The minimum absolute atomic E-state index is 0.247. The molecule has 3 aromatic carbocycles. The minimum Gasteiger partial charge on any atom is -0.455 e. The summed E-state index contributed by atoms with van der Waals surface area (Å²) in [6, 6.07) is 19.9. The predicted octanol–water partition coefficient (Wildman–Crippen LogP) is 6.30. The molecule has 218 valence electrons. The van der Waals surface area contributed by atoms with Crippen LogP contribution in [-0.4, -0.2) is 37.9 Å². The highest BCUT2D eigenvalue weighted by Gasteiger charge is 2.25. The SMILES string of the molecule is CCCNS(=O)(=O)Cc1cc2oc(-c3ccc(F)cc3)c(C(=O)NC)c2cc1-c1cccc(-c2nc3ncccc3o2)c1. The van der Waals surface area contributed by atoms with Crippen molar-refractivity contribution in [2.24, 2.45) is 0 Å². The Hall–Kier alpha value is -4.87. The van der Waals surface area contributed by atoms with Crippen molar-refractivity contribution in [2.45, 2.75) is 19.1 Å². The van der Waals surface area contributed by atoms with E-state index in [1.54, 1.807) is 30.5 Å². The van der Waals surface area contributed by atoms with Gasteiger partial charge in [0.15, 0.2) is 11.2 Å². The number of pyridine rings is 1. The monoisotopic (exact) mass is 598 g/mol. The molecular weight excluding hydrogens is 571 g/mol. The van der Waals surface area contributed by atoms with Crippen LogP contribution in [0.1, 0.15) is 29.3 Å². The molecule has 0 aliphatic heterocycles. The molecule has 0 saturated carbocycles. The van der Waals surface area contributed by atoms with E-state index in [2.05, 4.69) is 20.0 Å². The van der Waals surface area contributed by atoms with Gasteiger partial charge in [-0.25, -0.2) is 22.5 Å². The maximum absolute atomic E-state index is 13.7. The second-order valence-corrected chi connectivity index (χ2v) is 11.8. The number of hydrogen-bond donors (Lipinski definition) is 2. The molecule has 0 unspecified atom stereocenters. The number of nitrogens with one attached hydrogen (secondary N) is 2. The molecule has 6 rings (SSSR count). The molecule has 9 nitrogen and oxygen atoms in total. The van der Waals surface area contributed by atoms with Crippen LogP contribution < -0.4 is 10.0 Å². The van der Waals surface area contributed by atoms with Crippen LogP contribution in [0.25, 0.3) is 56.1 Å². The predicted molar refractivity (Wildman–Crippen MR) is 162 cm³/mol. The van der Waals surface area contributed by atoms with Gasteiger partial charge in [0.2, 0.25) is 15.9 Å². The van der Waals surface area contributed by atoms with Gasteiger partial charge < -0.3 is 14.2 Å². The van der Waals surface area contributed by atoms with E-state index >= 15 is 0 Å². The third kappa shape index (κ3) is 5.64. The third-order valence-corrected chi connectivity index (χ3v) is 8.31. The fourth-order valence-corrected chi connectivity index (χ4v) is 6.22. The lowest BCUT2D eigenvalue weighted by Crippen LogP contribution is -2.26. The number of carbonyl (C=O) groups excluding carboxylic acids is 1. The lowest BCUT2D eigenvalue weighted by atomic mass is 9.95. The highest BCUT2D eigenvalue weighted by atomic mass is 32.2. The van der Waals surface area contributed by atoms with Gasteiger partial charge in [-0.2, -0.15) is 4.98 Å². The van der Waals surface area contributed by atoms with E-state index in [-0.39, 0.29) is 17.1 Å². The zero-order valence-corrected chi connectivity index (χ0v) is 24.2. The Morgan fingerprint density at radius 3 is 2.47 bits per heavy atom. The van der Waals surface area contributed by atoms with Gasteiger partial charge in [0.1, 0.15) is 17.2 Å². The first-order valence-corrected chi connectivity index (χ1v) is 15.3. The molecule has 0 aliphatic carbocycles. The molecule has 0 atom stereocenters. The van der Waals surface area contributed by atoms with E-state index in [9.17, 15) is 17.6 Å². The molecule has 3 aromatic heterocycles. The highest BCUT2D eigenvalue weighted by molar-refractivity contribution is 7.88. The summed E-state index contributed by atoms with van der Waals surface area (Å²) in [5.41, 5.74) is 4.50. The smallest absolute Gasteiger partial charge is 0.255 e. The highest BCUT2D eigenvalue weighted by Crippen LogP contribution is 2.39. The zero-order chi connectivity index (χ0) is 30.1. The van der Waals surface area contributed by atoms with Gasteiger partial charge in [0, 0.05) is 36.3 Å². The minimum atomic E-state index is -3.71. The van der Waals surface area contributed by atoms with Crippen molar-refractivity contribution in [3.05, 3.63) is 95.9 Å². The van der Waals surface area contributed by atoms with Crippen molar-refractivity contribution in [3.8, 4) is 33.9 Å². The Morgan fingerprint density at radius 1 is 0.930 bits per heavy atom. The first-order chi connectivity index (χ1) is 20.8. The van der Waals surface area contributed by atoms with Crippen molar-refractivity contribution in [3.63, 3.8) is 0 Å². The summed E-state index contributed by atoms with van der Waals surface area (Å²) in [4.78, 5) is 21.9. The topological polar surface area (TPSA) is 127 Å². The molecule has 43 heavy (non-hydrogen) atoms. The summed E-state index contributed by atoms with van der Waals surface area (Å²) in [6.45, 7) is 2.19. The van der Waals surface area contributed by atoms with Gasteiger partial charge in [-0.05, 0) is 83.8 Å². The largest absolute Gasteiger partial charge is 0.455 e. The number of hydrogen-bond acceptors (Lipinski definition) is 7. The Balaban J connectivity index is 1.56. The van der Waals surface area contributed by atoms with E-state index < -0.39 is 21.7 Å². The van der Waals surface area contributed by atoms with Gasteiger partial charge in [-0.3, -0.25) is 4.79 Å². The number of sulfonamides is 1. The van der Waals surface area contributed by atoms with Crippen molar-refractivity contribution >= 4 is 38.1 Å². The lowest BCUT2D eigenvalue weighted by Gasteiger charge is -2.13. The average Bonchev–Trinajstić information content (AvgIpc) is 3.61. The van der Waals surface area contributed by atoms with Crippen LogP contribution in [0.5, 0.6) is 0 Å². The summed E-state index contributed by atoms with van der Waals surface area (Å²) in [6.07, 6.45) is 2.27. The number of benzene rings is 3. The first-order valence-electron chi connectivity index (χ1n) is 13.6. The molecule has 3 heterocycles. The van der Waals surface area contributed by atoms with Gasteiger partial charge in [-0.1, -0.05) is 19.1 Å². The van der Waals surface area contributed by atoms with Crippen LogP contribution in [-0.2, 0) is 15.8 Å². The molecule has 2 N–H and O–H groups in total. The lowest BCUT2D eigenvalue weighted by molar-refractivity contribution is 0.0964. The molecule has 6 aromatic rings. The Bertz CT molecular complexity index is 2050. The second-order valence-electron chi connectivity index (χ2n) is 9.98. The van der Waals surface area contributed by atoms with E-state index in [4.69, 9.17) is 8.83 Å². The Morgan fingerprint density at radius 2 is 1.72 bits per heavy atom. The molecule has 0 radical (unpaired) electrons. The normalized spacial score (nSPS) is 11.8. The van der Waals surface area contributed by atoms with Gasteiger partial charge in [0.05, 0.1) is 11.3 Å². The standard InChI is InChI=1S/C32H27FN4O5S/c1-3-13-36-43(39,40)18-22-16-27-25(28(31(38)34-2)29(41-27)19-9-11-23(33)12-10-19)17-24(22)20-6-4-7-21(15-20)32-37-30-26(42-32)8-5-14-35-30/h4-12,14-17,36H,3,13,18H2,1-2H3,(H,34,38). The summed E-state index contributed by atoms with van der Waals surface area (Å²) in [5, 5.41) is 3.13.